The molecule has 1 atom stereocenters. The van der Waals surface area contributed by atoms with Gasteiger partial charge in [-0.1, -0.05) is 12.1 Å². The molecule has 4 N–H and O–H groups in total. The van der Waals surface area contributed by atoms with Crippen LogP contribution in [0.2, 0.25) is 0 Å². The minimum absolute atomic E-state index is 0.0218. The monoisotopic (exact) mass is 261 g/mol. The van der Waals surface area contributed by atoms with Crippen molar-refractivity contribution in [3.63, 3.8) is 0 Å². The average Bonchev–Trinajstić information content (AvgIpc) is 3.20. The second kappa shape index (κ2) is 5.84. The number of nitrogens with one attached hydrogen (secondary N) is 2. The molecule has 1 saturated carbocycles. The Kier molecular flexibility index (Phi) is 4.16. The zero-order valence-electron chi connectivity index (χ0n) is 11.0. The van der Waals surface area contributed by atoms with Crippen LogP contribution in [0.1, 0.15) is 35.7 Å². The number of benzene rings is 1. The molecule has 1 aliphatic carbocycles. The summed E-state index contributed by atoms with van der Waals surface area (Å²) in [4.78, 5) is 22.8. The summed E-state index contributed by atoms with van der Waals surface area (Å²) in [6.07, 6.45) is 2.16. The SMILES string of the molecule is CC(NCc1cccc(C(N)=O)c1)C(=O)NC1CC1. The maximum absolute atomic E-state index is 11.7. The van der Waals surface area contributed by atoms with Crippen molar-refractivity contribution in [2.75, 3.05) is 0 Å². The van der Waals surface area contributed by atoms with Gasteiger partial charge in [0.05, 0.1) is 6.04 Å². The van der Waals surface area contributed by atoms with Crippen molar-refractivity contribution in [2.24, 2.45) is 5.73 Å². The first-order valence-electron chi connectivity index (χ1n) is 6.49. The van der Waals surface area contributed by atoms with E-state index in [0.717, 1.165) is 18.4 Å². The summed E-state index contributed by atoms with van der Waals surface area (Å²) in [6, 6.07) is 7.21. The van der Waals surface area contributed by atoms with Crippen LogP contribution in [0.5, 0.6) is 0 Å². The molecule has 1 aromatic carbocycles. The summed E-state index contributed by atoms with van der Waals surface area (Å²) < 4.78 is 0. The first-order chi connectivity index (χ1) is 9.06. The van der Waals surface area contributed by atoms with Crippen LogP contribution in [0.25, 0.3) is 0 Å². The van der Waals surface area contributed by atoms with E-state index in [0.29, 0.717) is 18.2 Å². The normalized spacial score (nSPS) is 15.8. The molecule has 102 valence electrons. The van der Waals surface area contributed by atoms with Gasteiger partial charge >= 0.3 is 0 Å². The molecule has 0 radical (unpaired) electrons. The van der Waals surface area contributed by atoms with Gasteiger partial charge in [-0.25, -0.2) is 0 Å². The molecule has 1 fully saturated rings. The van der Waals surface area contributed by atoms with Crippen molar-refractivity contribution in [3.8, 4) is 0 Å². The zero-order valence-corrected chi connectivity index (χ0v) is 11.0. The van der Waals surface area contributed by atoms with Crippen molar-refractivity contribution in [1.29, 1.82) is 0 Å². The van der Waals surface area contributed by atoms with Crippen molar-refractivity contribution in [3.05, 3.63) is 35.4 Å². The summed E-state index contributed by atoms with van der Waals surface area (Å²) in [5, 5.41) is 6.08. The van der Waals surface area contributed by atoms with Gasteiger partial charge in [-0.15, -0.1) is 0 Å². The highest BCUT2D eigenvalue weighted by Gasteiger charge is 2.25. The lowest BCUT2D eigenvalue weighted by atomic mass is 10.1. The number of hydrogen-bond donors (Lipinski definition) is 3. The van der Waals surface area contributed by atoms with Crippen molar-refractivity contribution in [2.45, 2.75) is 38.4 Å². The van der Waals surface area contributed by atoms with Crippen molar-refractivity contribution in [1.82, 2.24) is 10.6 Å². The third-order valence-corrected chi connectivity index (χ3v) is 3.14. The summed E-state index contributed by atoms with van der Waals surface area (Å²) in [6.45, 7) is 2.36. The van der Waals surface area contributed by atoms with Gasteiger partial charge < -0.3 is 16.4 Å². The van der Waals surface area contributed by atoms with E-state index < -0.39 is 5.91 Å². The van der Waals surface area contributed by atoms with Crippen LogP contribution in [0.4, 0.5) is 0 Å². The third-order valence-electron chi connectivity index (χ3n) is 3.14. The summed E-state index contributed by atoms with van der Waals surface area (Å²) in [5.74, 6) is -0.421. The smallest absolute Gasteiger partial charge is 0.248 e. The highest BCUT2D eigenvalue weighted by molar-refractivity contribution is 5.92. The second-order valence-electron chi connectivity index (χ2n) is 4.95. The summed E-state index contributed by atoms with van der Waals surface area (Å²) in [7, 11) is 0. The molecule has 1 aromatic rings. The van der Waals surface area contributed by atoms with Crippen LogP contribution in [0.3, 0.4) is 0 Å². The molecule has 0 aliphatic heterocycles. The highest BCUT2D eigenvalue weighted by atomic mass is 16.2. The predicted octanol–water partition coefficient (Wildman–Crippen LogP) is 0.542. The topological polar surface area (TPSA) is 84.2 Å². The van der Waals surface area contributed by atoms with Gasteiger partial charge in [0.1, 0.15) is 0 Å². The van der Waals surface area contributed by atoms with E-state index in [4.69, 9.17) is 5.73 Å². The first kappa shape index (κ1) is 13.5. The van der Waals surface area contributed by atoms with Crippen LogP contribution in [-0.2, 0) is 11.3 Å². The van der Waals surface area contributed by atoms with Crippen molar-refractivity contribution < 1.29 is 9.59 Å². The van der Waals surface area contributed by atoms with Gasteiger partial charge in [-0.2, -0.15) is 0 Å². The van der Waals surface area contributed by atoms with Crippen LogP contribution < -0.4 is 16.4 Å². The lowest BCUT2D eigenvalue weighted by Crippen LogP contribution is -2.42. The Bertz CT molecular complexity index is 483. The number of rotatable bonds is 6. The zero-order chi connectivity index (χ0) is 13.8. The van der Waals surface area contributed by atoms with Gasteiger partial charge in [0.25, 0.3) is 0 Å². The number of hydrogen-bond acceptors (Lipinski definition) is 3. The number of carbonyl (C=O) groups is 2. The Morgan fingerprint density at radius 2 is 2.16 bits per heavy atom. The van der Waals surface area contributed by atoms with E-state index in [-0.39, 0.29) is 11.9 Å². The molecule has 2 rings (SSSR count). The van der Waals surface area contributed by atoms with E-state index in [1.54, 1.807) is 18.2 Å². The molecule has 0 saturated heterocycles. The van der Waals surface area contributed by atoms with Crippen molar-refractivity contribution >= 4 is 11.8 Å². The predicted molar refractivity (Wildman–Crippen MR) is 72.4 cm³/mol. The van der Waals surface area contributed by atoms with Gasteiger partial charge in [-0.3, -0.25) is 9.59 Å². The Balaban J connectivity index is 1.85. The Morgan fingerprint density at radius 3 is 2.79 bits per heavy atom. The molecule has 5 heteroatoms. The summed E-state index contributed by atoms with van der Waals surface area (Å²) >= 11 is 0. The Hall–Kier alpha value is -1.88. The fraction of sp³-hybridized carbons (Fsp3) is 0.429. The summed E-state index contributed by atoms with van der Waals surface area (Å²) in [5.41, 5.74) is 6.64. The van der Waals surface area contributed by atoms with Gasteiger partial charge in [0.2, 0.25) is 11.8 Å². The number of amides is 2. The van der Waals surface area contributed by atoms with Crippen LogP contribution in [0, 0.1) is 0 Å². The van der Waals surface area contributed by atoms with Crippen LogP contribution in [-0.4, -0.2) is 23.9 Å². The fourth-order valence-corrected chi connectivity index (χ4v) is 1.75. The molecule has 5 nitrogen and oxygen atoms in total. The Labute approximate surface area is 112 Å². The number of primary amides is 1. The largest absolute Gasteiger partial charge is 0.366 e. The highest BCUT2D eigenvalue weighted by Crippen LogP contribution is 2.18. The Morgan fingerprint density at radius 1 is 1.42 bits per heavy atom. The molecule has 1 unspecified atom stereocenters. The first-order valence-corrected chi connectivity index (χ1v) is 6.49. The molecule has 0 heterocycles. The lowest BCUT2D eigenvalue weighted by molar-refractivity contribution is -0.122. The number of carbonyl (C=O) groups excluding carboxylic acids is 2. The maximum Gasteiger partial charge on any atom is 0.248 e. The minimum Gasteiger partial charge on any atom is -0.366 e. The standard InChI is InChI=1S/C14H19N3O2/c1-9(14(19)17-12-5-6-12)16-8-10-3-2-4-11(7-10)13(15)18/h2-4,7,9,12,16H,5-6,8H2,1H3,(H2,15,18)(H,17,19). The molecule has 19 heavy (non-hydrogen) atoms. The molecular weight excluding hydrogens is 242 g/mol. The third kappa shape index (κ3) is 4.06. The van der Waals surface area contributed by atoms with Gasteiger partial charge in [0, 0.05) is 18.2 Å². The molecule has 1 aliphatic rings. The van der Waals surface area contributed by atoms with E-state index in [1.165, 1.54) is 0 Å². The van der Waals surface area contributed by atoms with Crippen LogP contribution >= 0.6 is 0 Å². The molecule has 2 amide bonds. The quantitative estimate of drug-likeness (QED) is 0.699. The van der Waals surface area contributed by atoms with Gasteiger partial charge in [0.15, 0.2) is 0 Å². The maximum atomic E-state index is 11.7. The van der Waals surface area contributed by atoms with Gasteiger partial charge in [-0.05, 0) is 37.5 Å². The second-order valence-corrected chi connectivity index (χ2v) is 4.95. The lowest BCUT2D eigenvalue weighted by Gasteiger charge is -2.14. The van der Waals surface area contributed by atoms with E-state index in [2.05, 4.69) is 10.6 Å². The molecule has 0 bridgehead atoms. The fourth-order valence-electron chi connectivity index (χ4n) is 1.75. The average molecular weight is 261 g/mol. The van der Waals surface area contributed by atoms with E-state index >= 15 is 0 Å². The van der Waals surface area contributed by atoms with E-state index in [9.17, 15) is 9.59 Å². The molecule has 0 aromatic heterocycles. The minimum atomic E-state index is -0.443. The number of nitrogens with two attached hydrogens (primary N) is 1. The van der Waals surface area contributed by atoms with Crippen LogP contribution in [0.15, 0.2) is 24.3 Å². The molecular formula is C14H19N3O2. The van der Waals surface area contributed by atoms with E-state index in [1.807, 2.05) is 13.0 Å². The molecule has 0 spiro atoms.